The summed E-state index contributed by atoms with van der Waals surface area (Å²) in [6, 6.07) is 8.62. The highest BCUT2D eigenvalue weighted by atomic mass is 16.6. The molecule has 0 atom stereocenters. The molecule has 2 N–H and O–H groups in total. The van der Waals surface area contributed by atoms with Crippen molar-refractivity contribution in [2.75, 3.05) is 13.1 Å². The van der Waals surface area contributed by atoms with Gasteiger partial charge in [0.25, 0.3) is 11.6 Å². The summed E-state index contributed by atoms with van der Waals surface area (Å²) in [5.41, 5.74) is 0.394. The minimum absolute atomic E-state index is 0.0724. The van der Waals surface area contributed by atoms with Crippen LogP contribution >= 0.6 is 0 Å². The summed E-state index contributed by atoms with van der Waals surface area (Å²) in [6.07, 6.45) is 1.38. The first-order chi connectivity index (χ1) is 13.0. The molecule has 138 valence electrons. The molecule has 0 saturated heterocycles. The Balaban J connectivity index is 1.51. The molecule has 0 spiro atoms. The Morgan fingerprint density at radius 1 is 1.07 bits per heavy atom. The monoisotopic (exact) mass is 371 g/mol. The van der Waals surface area contributed by atoms with Crippen LogP contribution in [0.4, 0.5) is 5.69 Å². The van der Waals surface area contributed by atoms with Gasteiger partial charge in [-0.1, -0.05) is 5.16 Å². The molecule has 3 rings (SSSR count). The number of nitrogens with one attached hydrogen (secondary N) is 2. The van der Waals surface area contributed by atoms with E-state index in [1.165, 1.54) is 36.6 Å². The van der Waals surface area contributed by atoms with E-state index in [9.17, 15) is 19.7 Å². The lowest BCUT2D eigenvalue weighted by molar-refractivity contribution is -0.384. The molecule has 0 saturated carbocycles. The number of nitro groups is 1. The Kier molecular flexibility index (Phi) is 5.21. The van der Waals surface area contributed by atoms with Crippen molar-refractivity contribution in [1.82, 2.24) is 20.8 Å². The first-order valence-electron chi connectivity index (χ1n) is 7.73. The number of furan rings is 1. The van der Waals surface area contributed by atoms with E-state index < -0.39 is 16.7 Å². The highest BCUT2D eigenvalue weighted by Gasteiger charge is 2.16. The zero-order valence-corrected chi connectivity index (χ0v) is 13.7. The van der Waals surface area contributed by atoms with E-state index in [-0.39, 0.29) is 36.3 Å². The number of non-ortho nitro benzene ring substituents is 1. The van der Waals surface area contributed by atoms with Crippen LogP contribution in [0, 0.1) is 10.1 Å². The number of nitrogens with zero attached hydrogens (tertiary/aromatic N) is 3. The van der Waals surface area contributed by atoms with Gasteiger partial charge in [0, 0.05) is 30.8 Å². The summed E-state index contributed by atoms with van der Waals surface area (Å²) in [5, 5.41) is 19.4. The van der Waals surface area contributed by atoms with Gasteiger partial charge in [0.05, 0.1) is 11.2 Å². The fraction of sp³-hybridized carbons (Fsp3) is 0.125. The molecule has 2 heterocycles. The van der Waals surface area contributed by atoms with E-state index >= 15 is 0 Å². The van der Waals surface area contributed by atoms with Gasteiger partial charge in [-0.05, 0) is 24.3 Å². The maximum absolute atomic E-state index is 12.0. The summed E-state index contributed by atoms with van der Waals surface area (Å²) in [7, 11) is 0. The largest absolute Gasteiger partial charge is 0.459 e. The molecule has 0 unspecified atom stereocenters. The van der Waals surface area contributed by atoms with E-state index in [4.69, 9.17) is 8.94 Å². The Hall–Kier alpha value is -4.02. The number of carbonyl (C=O) groups is 2. The quantitative estimate of drug-likeness (QED) is 0.359. The standard InChI is InChI=1S/C16H13N5O6/c22-14(12-2-1-9-26-12)17-7-8-18-15(23)16-19-13(20-27-16)10-3-5-11(6-4-10)21(24)25/h1-6,9H,7-8H2,(H,17,22)(H,18,23). The van der Waals surface area contributed by atoms with Crippen molar-refractivity contribution in [2.45, 2.75) is 0 Å². The zero-order chi connectivity index (χ0) is 19.2. The molecule has 0 aliphatic heterocycles. The van der Waals surface area contributed by atoms with Crippen LogP contribution in [0.1, 0.15) is 21.2 Å². The molecule has 2 aromatic heterocycles. The van der Waals surface area contributed by atoms with Crippen molar-refractivity contribution in [3.05, 3.63) is 64.4 Å². The topological polar surface area (TPSA) is 153 Å². The van der Waals surface area contributed by atoms with Gasteiger partial charge in [0.1, 0.15) is 0 Å². The van der Waals surface area contributed by atoms with E-state index in [0.29, 0.717) is 5.56 Å². The Labute approximate surface area is 151 Å². The third-order valence-electron chi connectivity index (χ3n) is 3.40. The average Bonchev–Trinajstić information content (AvgIpc) is 3.37. The number of nitro benzene ring substituents is 1. The summed E-state index contributed by atoms with van der Waals surface area (Å²) in [5.74, 6) is -0.969. The molecule has 1 aromatic carbocycles. The van der Waals surface area contributed by atoms with Crippen molar-refractivity contribution < 1.29 is 23.5 Å². The van der Waals surface area contributed by atoms with Gasteiger partial charge in [-0.15, -0.1) is 0 Å². The molecule has 0 fully saturated rings. The normalized spacial score (nSPS) is 10.4. The van der Waals surface area contributed by atoms with Crippen LogP contribution in [0.3, 0.4) is 0 Å². The molecule has 11 heteroatoms. The molecule has 27 heavy (non-hydrogen) atoms. The number of benzene rings is 1. The molecule has 0 aliphatic rings. The van der Waals surface area contributed by atoms with Crippen LogP contribution in [-0.4, -0.2) is 40.0 Å². The van der Waals surface area contributed by atoms with Crippen LogP contribution < -0.4 is 10.6 Å². The molecule has 2 amide bonds. The molecule has 0 radical (unpaired) electrons. The molecule has 3 aromatic rings. The SMILES string of the molecule is O=C(NCCNC(=O)c1nc(-c2ccc([N+](=O)[O-])cc2)no1)c1ccco1. The minimum atomic E-state index is -0.608. The predicted molar refractivity (Wildman–Crippen MR) is 89.8 cm³/mol. The van der Waals surface area contributed by atoms with Crippen LogP contribution in [0.5, 0.6) is 0 Å². The maximum Gasteiger partial charge on any atom is 0.316 e. The van der Waals surface area contributed by atoms with E-state index in [2.05, 4.69) is 20.8 Å². The van der Waals surface area contributed by atoms with E-state index in [0.717, 1.165) is 0 Å². The summed E-state index contributed by atoms with van der Waals surface area (Å²) in [6.45, 7) is 0.315. The van der Waals surface area contributed by atoms with Crippen molar-refractivity contribution >= 4 is 17.5 Å². The molecule has 11 nitrogen and oxygen atoms in total. The van der Waals surface area contributed by atoms with Crippen molar-refractivity contribution in [1.29, 1.82) is 0 Å². The molecule has 0 bridgehead atoms. The molecular weight excluding hydrogens is 358 g/mol. The smallest absolute Gasteiger partial charge is 0.316 e. The predicted octanol–water partition coefficient (Wildman–Crippen LogP) is 1.40. The van der Waals surface area contributed by atoms with Gasteiger partial charge in [0.2, 0.25) is 5.82 Å². The first-order valence-corrected chi connectivity index (χ1v) is 7.73. The van der Waals surface area contributed by atoms with Crippen LogP contribution in [0.2, 0.25) is 0 Å². The number of amides is 2. The van der Waals surface area contributed by atoms with Gasteiger partial charge < -0.3 is 19.6 Å². The summed E-state index contributed by atoms with van der Waals surface area (Å²) < 4.78 is 9.82. The number of hydrogen-bond acceptors (Lipinski definition) is 8. The number of aromatic nitrogens is 2. The van der Waals surface area contributed by atoms with Crippen molar-refractivity contribution in [3.63, 3.8) is 0 Å². The van der Waals surface area contributed by atoms with Crippen LogP contribution in [-0.2, 0) is 0 Å². The van der Waals surface area contributed by atoms with Gasteiger partial charge >= 0.3 is 11.8 Å². The third-order valence-corrected chi connectivity index (χ3v) is 3.40. The minimum Gasteiger partial charge on any atom is -0.459 e. The lowest BCUT2D eigenvalue weighted by atomic mass is 10.2. The molecule has 0 aliphatic carbocycles. The first kappa shape index (κ1) is 17.8. The van der Waals surface area contributed by atoms with Gasteiger partial charge in [-0.2, -0.15) is 4.98 Å². The maximum atomic E-state index is 12.0. The fourth-order valence-electron chi connectivity index (χ4n) is 2.09. The van der Waals surface area contributed by atoms with Gasteiger partial charge in [-0.3, -0.25) is 19.7 Å². The van der Waals surface area contributed by atoms with Gasteiger partial charge in [-0.25, -0.2) is 0 Å². The summed E-state index contributed by atoms with van der Waals surface area (Å²) in [4.78, 5) is 37.7. The lowest BCUT2D eigenvalue weighted by Gasteiger charge is -2.03. The zero-order valence-electron chi connectivity index (χ0n) is 13.7. The molecular formula is C16H13N5O6. The Morgan fingerprint density at radius 2 is 1.78 bits per heavy atom. The second kappa shape index (κ2) is 7.91. The third kappa shape index (κ3) is 4.34. The Bertz CT molecular complexity index is 948. The highest BCUT2D eigenvalue weighted by molar-refractivity contribution is 5.91. The van der Waals surface area contributed by atoms with E-state index in [1.54, 1.807) is 6.07 Å². The Morgan fingerprint density at radius 3 is 2.41 bits per heavy atom. The van der Waals surface area contributed by atoms with Crippen LogP contribution in [0.15, 0.2) is 51.6 Å². The summed E-state index contributed by atoms with van der Waals surface area (Å²) >= 11 is 0. The average molecular weight is 371 g/mol. The van der Waals surface area contributed by atoms with E-state index in [1.807, 2.05) is 0 Å². The second-order valence-corrected chi connectivity index (χ2v) is 5.22. The number of hydrogen-bond donors (Lipinski definition) is 2. The van der Waals surface area contributed by atoms with Crippen molar-refractivity contribution in [2.24, 2.45) is 0 Å². The number of carbonyl (C=O) groups excluding carboxylic acids is 2. The van der Waals surface area contributed by atoms with Crippen LogP contribution in [0.25, 0.3) is 11.4 Å². The highest BCUT2D eigenvalue weighted by Crippen LogP contribution is 2.19. The number of rotatable bonds is 7. The second-order valence-electron chi connectivity index (χ2n) is 5.22. The lowest BCUT2D eigenvalue weighted by Crippen LogP contribution is -2.34. The van der Waals surface area contributed by atoms with Gasteiger partial charge in [0.15, 0.2) is 5.76 Å². The van der Waals surface area contributed by atoms with Crippen molar-refractivity contribution in [3.8, 4) is 11.4 Å². The fourth-order valence-corrected chi connectivity index (χ4v) is 2.09.